The molecule has 31 heavy (non-hydrogen) atoms. The third-order valence-corrected chi connectivity index (χ3v) is 4.79. The van der Waals surface area contributed by atoms with E-state index in [-0.39, 0.29) is 11.8 Å². The lowest BCUT2D eigenvalue weighted by Gasteiger charge is -2.22. The van der Waals surface area contributed by atoms with Gasteiger partial charge in [-0.15, -0.1) is 0 Å². The average Bonchev–Trinajstić information content (AvgIpc) is 3.31. The Kier molecular flexibility index (Phi) is 6.92. The van der Waals surface area contributed by atoms with Crippen molar-refractivity contribution in [3.8, 4) is 22.8 Å². The Labute approximate surface area is 181 Å². The van der Waals surface area contributed by atoms with Crippen LogP contribution < -0.4 is 20.1 Å². The minimum atomic E-state index is -0.736. The number of methoxy groups -OCH3 is 2. The summed E-state index contributed by atoms with van der Waals surface area (Å²) in [7, 11) is 3.02. The van der Waals surface area contributed by atoms with Crippen molar-refractivity contribution in [1.82, 2.24) is 15.5 Å². The molecule has 2 aromatic carbocycles. The van der Waals surface area contributed by atoms with E-state index < -0.39 is 11.9 Å². The number of carbonyl (C=O) groups excluding carboxylic acids is 2. The molecule has 1 heterocycles. The maximum atomic E-state index is 13.0. The Bertz CT molecular complexity index is 1030. The van der Waals surface area contributed by atoms with Crippen LogP contribution in [0.5, 0.6) is 11.5 Å². The lowest BCUT2D eigenvalue weighted by Crippen LogP contribution is -2.47. The Morgan fingerprint density at radius 3 is 2.29 bits per heavy atom. The summed E-state index contributed by atoms with van der Waals surface area (Å²) < 4.78 is 10.4. The minimum Gasteiger partial charge on any atom is -0.497 e. The summed E-state index contributed by atoms with van der Waals surface area (Å²) in [6, 6.07) is 13.4. The van der Waals surface area contributed by atoms with Crippen molar-refractivity contribution in [3.05, 3.63) is 60.3 Å². The van der Waals surface area contributed by atoms with E-state index in [2.05, 4.69) is 20.8 Å². The van der Waals surface area contributed by atoms with E-state index in [9.17, 15) is 9.59 Å². The third kappa shape index (κ3) is 5.42. The smallest absolute Gasteiger partial charge is 0.252 e. The normalized spacial score (nSPS) is 11.6. The molecule has 0 saturated heterocycles. The van der Waals surface area contributed by atoms with Gasteiger partial charge in [0.1, 0.15) is 17.5 Å². The van der Waals surface area contributed by atoms with Gasteiger partial charge in [-0.2, -0.15) is 5.10 Å². The highest BCUT2D eigenvalue weighted by molar-refractivity contribution is 6.01. The molecule has 0 radical (unpaired) electrons. The minimum absolute atomic E-state index is 0.132. The molecule has 0 bridgehead atoms. The van der Waals surface area contributed by atoms with Crippen molar-refractivity contribution in [2.45, 2.75) is 19.9 Å². The van der Waals surface area contributed by atoms with E-state index in [0.29, 0.717) is 22.7 Å². The zero-order chi connectivity index (χ0) is 22.4. The van der Waals surface area contributed by atoms with Gasteiger partial charge in [-0.25, -0.2) is 0 Å². The van der Waals surface area contributed by atoms with Crippen LogP contribution in [0, 0.1) is 5.92 Å². The SMILES string of the molecule is COc1cc(OC)cc(C(=O)NC(C(=O)Nc2cccc(-c3ccn[nH]3)c2)C(C)C)c1. The van der Waals surface area contributed by atoms with Crippen LogP contribution in [-0.2, 0) is 4.79 Å². The van der Waals surface area contributed by atoms with E-state index >= 15 is 0 Å². The molecule has 8 nitrogen and oxygen atoms in total. The largest absolute Gasteiger partial charge is 0.497 e. The van der Waals surface area contributed by atoms with Crippen LogP contribution in [0.3, 0.4) is 0 Å². The highest BCUT2D eigenvalue weighted by Crippen LogP contribution is 2.23. The number of carbonyl (C=O) groups is 2. The number of nitrogens with zero attached hydrogens (tertiary/aromatic N) is 1. The molecule has 0 aliphatic carbocycles. The Morgan fingerprint density at radius 1 is 1.00 bits per heavy atom. The van der Waals surface area contributed by atoms with Crippen LogP contribution in [-0.4, -0.2) is 42.3 Å². The number of benzene rings is 2. The molecule has 0 saturated carbocycles. The van der Waals surface area contributed by atoms with E-state index in [1.165, 1.54) is 14.2 Å². The highest BCUT2D eigenvalue weighted by Gasteiger charge is 2.25. The van der Waals surface area contributed by atoms with Crippen molar-refractivity contribution in [1.29, 1.82) is 0 Å². The zero-order valence-electron chi connectivity index (χ0n) is 17.9. The van der Waals surface area contributed by atoms with Crippen molar-refractivity contribution >= 4 is 17.5 Å². The number of amides is 2. The molecule has 3 N–H and O–H groups in total. The molecular weight excluding hydrogens is 396 g/mol. The lowest BCUT2D eigenvalue weighted by molar-refractivity contribution is -0.118. The Morgan fingerprint density at radius 2 is 1.71 bits per heavy atom. The van der Waals surface area contributed by atoms with Crippen molar-refractivity contribution in [3.63, 3.8) is 0 Å². The number of H-pyrrole nitrogens is 1. The number of nitrogens with one attached hydrogen (secondary N) is 3. The first kappa shape index (κ1) is 21.9. The Hall–Kier alpha value is -3.81. The first-order valence-electron chi connectivity index (χ1n) is 9.86. The predicted molar refractivity (Wildman–Crippen MR) is 118 cm³/mol. The monoisotopic (exact) mass is 422 g/mol. The molecule has 1 atom stereocenters. The summed E-state index contributed by atoms with van der Waals surface area (Å²) >= 11 is 0. The average molecular weight is 422 g/mol. The summed E-state index contributed by atoms with van der Waals surface area (Å²) in [5.41, 5.74) is 2.71. The van der Waals surface area contributed by atoms with Crippen LogP contribution in [0.25, 0.3) is 11.3 Å². The first-order chi connectivity index (χ1) is 14.9. The molecule has 0 aliphatic heterocycles. The number of aromatic amines is 1. The molecular formula is C23H26N4O4. The summed E-state index contributed by atoms with van der Waals surface area (Å²) in [6.45, 7) is 3.75. The number of hydrogen-bond donors (Lipinski definition) is 3. The topological polar surface area (TPSA) is 105 Å². The number of anilines is 1. The van der Waals surface area contributed by atoms with Gasteiger partial charge in [0.15, 0.2) is 0 Å². The summed E-state index contributed by atoms with van der Waals surface area (Å²) in [6.07, 6.45) is 1.67. The maximum Gasteiger partial charge on any atom is 0.252 e. The van der Waals surface area contributed by atoms with Gasteiger partial charge in [-0.1, -0.05) is 26.0 Å². The molecule has 2 amide bonds. The summed E-state index contributed by atoms with van der Waals surface area (Å²) in [5.74, 6) is 0.154. The van der Waals surface area contributed by atoms with E-state index in [4.69, 9.17) is 9.47 Å². The van der Waals surface area contributed by atoms with E-state index in [0.717, 1.165) is 11.3 Å². The van der Waals surface area contributed by atoms with Crippen LogP contribution in [0.4, 0.5) is 5.69 Å². The number of ether oxygens (including phenoxy) is 2. The predicted octanol–water partition coefficient (Wildman–Crippen LogP) is 3.49. The molecule has 8 heteroatoms. The first-order valence-corrected chi connectivity index (χ1v) is 9.86. The van der Waals surface area contributed by atoms with Crippen molar-refractivity contribution in [2.75, 3.05) is 19.5 Å². The fourth-order valence-corrected chi connectivity index (χ4v) is 3.10. The maximum absolute atomic E-state index is 13.0. The van der Waals surface area contributed by atoms with Gasteiger partial charge in [-0.05, 0) is 36.2 Å². The highest BCUT2D eigenvalue weighted by atomic mass is 16.5. The molecule has 1 aromatic heterocycles. The van der Waals surface area contributed by atoms with Crippen LogP contribution >= 0.6 is 0 Å². The van der Waals surface area contributed by atoms with Crippen molar-refractivity contribution in [2.24, 2.45) is 5.92 Å². The number of aromatic nitrogens is 2. The third-order valence-electron chi connectivity index (χ3n) is 4.79. The van der Waals surface area contributed by atoms with Gasteiger partial charge in [0.2, 0.25) is 5.91 Å². The van der Waals surface area contributed by atoms with Crippen LogP contribution in [0.15, 0.2) is 54.7 Å². The van der Waals surface area contributed by atoms with E-state index in [1.807, 2.05) is 38.1 Å². The number of hydrogen-bond acceptors (Lipinski definition) is 5. The summed E-state index contributed by atoms with van der Waals surface area (Å²) in [4.78, 5) is 25.8. The quantitative estimate of drug-likeness (QED) is 0.515. The second-order valence-electron chi connectivity index (χ2n) is 7.34. The molecule has 3 aromatic rings. The fourth-order valence-electron chi connectivity index (χ4n) is 3.10. The van der Waals surface area contributed by atoms with Gasteiger partial charge in [0.25, 0.3) is 5.91 Å². The Balaban J connectivity index is 1.76. The molecule has 0 aliphatic rings. The van der Waals surface area contributed by atoms with Gasteiger partial charge in [-0.3, -0.25) is 14.7 Å². The second kappa shape index (κ2) is 9.80. The standard InChI is InChI=1S/C23H26N4O4/c1-14(2)21(26-22(28)16-11-18(30-3)13-19(12-16)31-4)23(29)25-17-7-5-6-15(10-17)20-8-9-24-27-20/h5-14,21H,1-4H3,(H,24,27)(H,25,29)(H,26,28). The van der Waals surface area contributed by atoms with Crippen LogP contribution in [0.1, 0.15) is 24.2 Å². The fraction of sp³-hybridized carbons (Fsp3) is 0.261. The van der Waals surface area contributed by atoms with Gasteiger partial charge in [0.05, 0.1) is 19.9 Å². The molecule has 162 valence electrons. The van der Waals surface area contributed by atoms with Gasteiger partial charge >= 0.3 is 0 Å². The van der Waals surface area contributed by atoms with Crippen molar-refractivity contribution < 1.29 is 19.1 Å². The molecule has 1 unspecified atom stereocenters. The zero-order valence-corrected chi connectivity index (χ0v) is 17.9. The van der Waals surface area contributed by atoms with Gasteiger partial charge in [0, 0.05) is 29.1 Å². The summed E-state index contributed by atoms with van der Waals surface area (Å²) in [5, 5.41) is 12.6. The second-order valence-corrected chi connectivity index (χ2v) is 7.34. The number of rotatable bonds is 8. The molecule has 0 spiro atoms. The van der Waals surface area contributed by atoms with Crippen LogP contribution in [0.2, 0.25) is 0 Å². The molecule has 3 rings (SSSR count). The van der Waals surface area contributed by atoms with Gasteiger partial charge < -0.3 is 20.1 Å². The van der Waals surface area contributed by atoms with E-state index in [1.54, 1.807) is 30.5 Å². The molecule has 0 fully saturated rings. The lowest BCUT2D eigenvalue weighted by atomic mass is 10.0.